The Labute approximate surface area is 196 Å². The number of ketones is 1. The van der Waals surface area contributed by atoms with Crippen molar-refractivity contribution in [1.29, 1.82) is 0 Å². The van der Waals surface area contributed by atoms with Crippen LogP contribution in [-0.2, 0) is 18.4 Å². The van der Waals surface area contributed by atoms with Crippen LogP contribution in [0.4, 0.5) is 0 Å². The standard InChI is InChI=1S/C25H42O5Si2/c1-24(2,3)31(8,9)29-20-16-18(17-14-12-13-15-19(17)26)21(27)23(28-7)22(20)30-32(10,11)25(4,5)6/h12-16,20,22-23,26H,1-11H3/t20-,22+,23+/m0/s1. The van der Waals surface area contributed by atoms with Crippen LogP contribution in [0.2, 0.25) is 36.3 Å². The predicted molar refractivity (Wildman–Crippen MR) is 136 cm³/mol. The van der Waals surface area contributed by atoms with Gasteiger partial charge in [0.05, 0.1) is 6.10 Å². The molecule has 0 saturated carbocycles. The van der Waals surface area contributed by atoms with Crippen molar-refractivity contribution < 1.29 is 23.5 Å². The zero-order chi connectivity index (χ0) is 24.7. The third-order valence-electron chi connectivity index (χ3n) is 7.40. The lowest BCUT2D eigenvalue weighted by molar-refractivity contribution is -0.134. The van der Waals surface area contributed by atoms with Gasteiger partial charge in [-0.2, -0.15) is 0 Å². The molecule has 1 aliphatic carbocycles. The van der Waals surface area contributed by atoms with E-state index < -0.39 is 34.9 Å². The highest BCUT2D eigenvalue weighted by Crippen LogP contribution is 2.43. The highest BCUT2D eigenvalue weighted by molar-refractivity contribution is 6.74. The topological polar surface area (TPSA) is 65.0 Å². The molecule has 0 fully saturated rings. The highest BCUT2D eigenvalue weighted by atomic mass is 28.4. The number of phenols is 1. The zero-order valence-electron chi connectivity index (χ0n) is 21.7. The zero-order valence-corrected chi connectivity index (χ0v) is 23.7. The fraction of sp³-hybridized carbons (Fsp3) is 0.640. The molecule has 0 aromatic heterocycles. The van der Waals surface area contributed by atoms with E-state index in [1.165, 1.54) is 0 Å². The molecule has 32 heavy (non-hydrogen) atoms. The summed E-state index contributed by atoms with van der Waals surface area (Å²) in [7, 11) is -2.89. The Morgan fingerprint density at radius 1 is 0.875 bits per heavy atom. The number of hydrogen-bond donors (Lipinski definition) is 1. The van der Waals surface area contributed by atoms with Gasteiger partial charge in [-0.3, -0.25) is 4.79 Å². The second-order valence-corrected chi connectivity index (χ2v) is 21.3. The molecule has 5 nitrogen and oxygen atoms in total. The molecule has 0 heterocycles. The number of Topliss-reactive ketones (excluding diaryl/α,β-unsaturated/α-hetero) is 1. The Balaban J connectivity index is 2.64. The van der Waals surface area contributed by atoms with Gasteiger partial charge < -0.3 is 18.7 Å². The minimum absolute atomic E-state index is 0.0125. The lowest BCUT2D eigenvalue weighted by Gasteiger charge is -2.47. The van der Waals surface area contributed by atoms with Crippen molar-refractivity contribution in [3.63, 3.8) is 0 Å². The van der Waals surface area contributed by atoms with E-state index in [1.54, 1.807) is 25.3 Å². The van der Waals surface area contributed by atoms with E-state index in [2.05, 4.69) is 67.7 Å². The van der Waals surface area contributed by atoms with Crippen LogP contribution in [-0.4, -0.2) is 52.9 Å². The largest absolute Gasteiger partial charge is 0.507 e. The fourth-order valence-corrected chi connectivity index (χ4v) is 5.77. The number of benzene rings is 1. The number of carbonyl (C=O) groups is 1. The van der Waals surface area contributed by atoms with Crippen molar-refractivity contribution in [2.24, 2.45) is 0 Å². The monoisotopic (exact) mass is 478 g/mol. The van der Waals surface area contributed by atoms with Crippen molar-refractivity contribution in [1.82, 2.24) is 0 Å². The number of ether oxygens (including phenoxy) is 1. The first-order chi connectivity index (χ1) is 14.4. The summed E-state index contributed by atoms with van der Waals surface area (Å²) >= 11 is 0. The molecule has 180 valence electrons. The maximum atomic E-state index is 13.6. The molecule has 0 spiro atoms. The first kappa shape index (κ1) is 27.0. The van der Waals surface area contributed by atoms with E-state index in [1.807, 2.05) is 12.1 Å². The Kier molecular flexibility index (Phi) is 7.74. The molecule has 0 unspecified atom stereocenters. The fourth-order valence-electron chi connectivity index (χ4n) is 3.24. The molecule has 0 saturated heterocycles. The summed E-state index contributed by atoms with van der Waals surface area (Å²) in [6.45, 7) is 21.9. The van der Waals surface area contributed by atoms with Gasteiger partial charge in [0.25, 0.3) is 0 Å². The molecule has 7 heteroatoms. The van der Waals surface area contributed by atoms with E-state index in [0.29, 0.717) is 11.1 Å². The molecular weight excluding hydrogens is 436 g/mol. The summed E-state index contributed by atoms with van der Waals surface area (Å²) < 4.78 is 19.4. The molecule has 2 rings (SSSR count). The van der Waals surface area contributed by atoms with Gasteiger partial charge in [0, 0.05) is 18.2 Å². The number of rotatable bonds is 6. The van der Waals surface area contributed by atoms with E-state index in [4.69, 9.17) is 13.6 Å². The Morgan fingerprint density at radius 2 is 1.38 bits per heavy atom. The summed E-state index contributed by atoms with van der Waals surface area (Å²) in [5.41, 5.74) is 0.919. The lowest BCUT2D eigenvalue weighted by atomic mass is 9.86. The minimum Gasteiger partial charge on any atom is -0.507 e. The maximum absolute atomic E-state index is 13.6. The van der Waals surface area contributed by atoms with E-state index in [9.17, 15) is 9.90 Å². The van der Waals surface area contributed by atoms with Crippen LogP contribution in [0.5, 0.6) is 5.75 Å². The maximum Gasteiger partial charge on any atom is 0.194 e. The van der Waals surface area contributed by atoms with Crippen LogP contribution in [0.3, 0.4) is 0 Å². The third kappa shape index (κ3) is 5.45. The van der Waals surface area contributed by atoms with Gasteiger partial charge in [0.2, 0.25) is 0 Å². The number of hydrogen-bond acceptors (Lipinski definition) is 5. The number of methoxy groups -OCH3 is 1. The number of aromatic hydroxyl groups is 1. The van der Waals surface area contributed by atoms with Gasteiger partial charge >= 0.3 is 0 Å². The second kappa shape index (κ2) is 9.18. The Morgan fingerprint density at radius 3 is 1.84 bits per heavy atom. The summed E-state index contributed by atoms with van der Waals surface area (Å²) in [5.74, 6) is -0.121. The summed E-state index contributed by atoms with van der Waals surface area (Å²) in [5, 5.41) is 10.4. The molecule has 0 aliphatic heterocycles. The molecule has 3 atom stereocenters. The van der Waals surface area contributed by atoms with Crippen LogP contribution < -0.4 is 0 Å². The number of carbonyl (C=O) groups excluding carboxylic acids is 1. The van der Waals surface area contributed by atoms with Gasteiger partial charge in [-0.25, -0.2) is 0 Å². The van der Waals surface area contributed by atoms with Crippen molar-refractivity contribution >= 4 is 28.0 Å². The average Bonchev–Trinajstić information content (AvgIpc) is 2.62. The first-order valence-corrected chi connectivity index (χ1v) is 17.2. The Bertz CT molecular complexity index is 862. The van der Waals surface area contributed by atoms with E-state index in [-0.39, 0.29) is 21.6 Å². The average molecular weight is 479 g/mol. The SMILES string of the molecule is CO[C@@H]1C(=O)C(c2ccccc2O)=C[C@H](O[Si](C)(C)C(C)(C)C)[C@H]1O[Si](C)(C)C(C)(C)C. The Hall–Kier alpha value is -1.26. The second-order valence-electron chi connectivity index (χ2n) is 11.8. The summed E-state index contributed by atoms with van der Waals surface area (Å²) in [6.07, 6.45) is 0.0449. The van der Waals surface area contributed by atoms with Gasteiger partial charge in [0.1, 0.15) is 18.0 Å². The number of para-hydroxylation sites is 1. The van der Waals surface area contributed by atoms with Crippen LogP contribution >= 0.6 is 0 Å². The van der Waals surface area contributed by atoms with Gasteiger partial charge in [-0.05, 0) is 48.4 Å². The molecule has 0 bridgehead atoms. The lowest BCUT2D eigenvalue weighted by Crippen LogP contribution is -2.58. The van der Waals surface area contributed by atoms with Crippen LogP contribution in [0.1, 0.15) is 47.1 Å². The molecule has 1 aromatic carbocycles. The summed E-state index contributed by atoms with van der Waals surface area (Å²) in [6, 6.07) is 6.90. The van der Waals surface area contributed by atoms with Crippen molar-refractivity contribution in [2.45, 2.75) is 96.1 Å². The third-order valence-corrected chi connectivity index (χ3v) is 16.3. The quantitative estimate of drug-likeness (QED) is 0.496. The molecule has 1 aliphatic rings. The molecular formula is C25H42O5Si2. The van der Waals surface area contributed by atoms with E-state index >= 15 is 0 Å². The van der Waals surface area contributed by atoms with Crippen molar-refractivity contribution in [3.8, 4) is 5.75 Å². The van der Waals surface area contributed by atoms with Crippen LogP contribution in [0.15, 0.2) is 30.3 Å². The van der Waals surface area contributed by atoms with Crippen LogP contribution in [0, 0.1) is 0 Å². The smallest absolute Gasteiger partial charge is 0.194 e. The van der Waals surface area contributed by atoms with Crippen LogP contribution in [0.25, 0.3) is 5.57 Å². The van der Waals surface area contributed by atoms with E-state index in [0.717, 1.165) is 0 Å². The molecule has 1 N–H and O–H groups in total. The molecule has 0 amide bonds. The van der Waals surface area contributed by atoms with Crippen molar-refractivity contribution in [3.05, 3.63) is 35.9 Å². The highest BCUT2D eigenvalue weighted by Gasteiger charge is 2.50. The molecule has 1 aromatic rings. The van der Waals surface area contributed by atoms with Crippen molar-refractivity contribution in [2.75, 3.05) is 7.11 Å². The first-order valence-electron chi connectivity index (χ1n) is 11.4. The normalized spacial score (nSPS) is 23.3. The number of phenolic OH excluding ortho intramolecular Hbond substituents is 1. The minimum atomic E-state index is -2.23. The molecule has 0 radical (unpaired) electrons. The van der Waals surface area contributed by atoms with Gasteiger partial charge in [0.15, 0.2) is 22.4 Å². The predicted octanol–water partition coefficient (Wildman–Crippen LogP) is 6.15. The summed E-state index contributed by atoms with van der Waals surface area (Å²) in [4.78, 5) is 13.6. The van der Waals surface area contributed by atoms with Gasteiger partial charge in [-0.15, -0.1) is 0 Å². The van der Waals surface area contributed by atoms with Gasteiger partial charge in [-0.1, -0.05) is 59.7 Å².